The Hall–Kier alpha value is -0.620. The van der Waals surface area contributed by atoms with E-state index in [0.717, 1.165) is 0 Å². The molecule has 0 spiro atoms. The van der Waals surface area contributed by atoms with Crippen LogP contribution in [0.15, 0.2) is 0 Å². The van der Waals surface area contributed by atoms with Gasteiger partial charge in [0.05, 0.1) is 17.6 Å². The molecular weight excluding hydrogens is 133 g/mol. The van der Waals surface area contributed by atoms with Gasteiger partial charge in [0.2, 0.25) is 0 Å². The summed E-state index contributed by atoms with van der Waals surface area (Å²) in [6.45, 7) is 2.57. The molecule has 0 bridgehead atoms. The van der Waals surface area contributed by atoms with Crippen LogP contribution in [0.1, 0.15) is 20.3 Å². The highest BCUT2D eigenvalue weighted by molar-refractivity contribution is 4.92. The van der Waals surface area contributed by atoms with Crippen molar-refractivity contribution in [3.8, 4) is 6.07 Å². The van der Waals surface area contributed by atoms with E-state index in [1.54, 1.807) is 13.8 Å². The zero-order valence-electron chi connectivity index (χ0n) is 6.26. The zero-order chi connectivity index (χ0) is 8.20. The number of hydrogen-bond donors (Lipinski definition) is 1. The van der Waals surface area contributed by atoms with Crippen molar-refractivity contribution in [2.45, 2.75) is 26.4 Å². The Balaban J connectivity index is 3.79. The van der Waals surface area contributed by atoms with Crippen molar-refractivity contribution in [3.63, 3.8) is 0 Å². The van der Waals surface area contributed by atoms with Crippen LogP contribution in [0.4, 0.5) is 4.39 Å². The molecule has 0 saturated carbocycles. The average molecular weight is 145 g/mol. The summed E-state index contributed by atoms with van der Waals surface area (Å²) >= 11 is 0. The summed E-state index contributed by atoms with van der Waals surface area (Å²) in [6.07, 6.45) is -0.797. The van der Waals surface area contributed by atoms with E-state index in [1.807, 2.05) is 6.07 Å². The normalized spacial score (nSPS) is 14.3. The average Bonchev–Trinajstić information content (AvgIpc) is 1.87. The van der Waals surface area contributed by atoms with Crippen LogP contribution in [-0.2, 0) is 0 Å². The Morgan fingerprint density at radius 3 is 2.50 bits per heavy atom. The Morgan fingerprint density at radius 2 is 2.20 bits per heavy atom. The van der Waals surface area contributed by atoms with Crippen LogP contribution in [0.3, 0.4) is 0 Å². The predicted molar refractivity (Wildman–Crippen MR) is 36.0 cm³/mol. The second-order valence-electron chi connectivity index (χ2n) is 3.01. The van der Waals surface area contributed by atoms with E-state index in [-0.39, 0.29) is 6.42 Å². The number of rotatable bonds is 3. The number of halogens is 1. The van der Waals surface area contributed by atoms with Gasteiger partial charge in [-0.3, -0.25) is 0 Å². The maximum atomic E-state index is 11.7. The Labute approximate surface area is 60.3 Å². The first-order valence-corrected chi connectivity index (χ1v) is 3.17. The maximum Gasteiger partial charge on any atom is 0.115 e. The van der Waals surface area contributed by atoms with Gasteiger partial charge in [0, 0.05) is 0 Å². The smallest absolute Gasteiger partial charge is 0.115 e. The summed E-state index contributed by atoms with van der Waals surface area (Å²) in [5.41, 5.74) is -0.620. The first-order valence-electron chi connectivity index (χ1n) is 3.17. The fourth-order valence-corrected chi connectivity index (χ4v) is 0.689. The minimum Gasteiger partial charge on any atom is -0.390 e. The minimum absolute atomic E-state index is 0.194. The lowest BCUT2D eigenvalue weighted by Gasteiger charge is -2.16. The van der Waals surface area contributed by atoms with Gasteiger partial charge >= 0.3 is 0 Å². The summed E-state index contributed by atoms with van der Waals surface area (Å²) in [5, 5.41) is 17.3. The standard InChI is InChI=1S/C7H12FNO/c1-7(2,5-9)3-6(10)4-8/h6,10H,3-4H2,1-2H3. The van der Waals surface area contributed by atoms with Crippen molar-refractivity contribution in [2.24, 2.45) is 5.41 Å². The molecule has 3 heteroatoms. The topological polar surface area (TPSA) is 44.0 Å². The van der Waals surface area contributed by atoms with Crippen LogP contribution < -0.4 is 0 Å². The summed E-state index contributed by atoms with van der Waals surface area (Å²) < 4.78 is 11.7. The molecule has 1 N–H and O–H groups in total. The van der Waals surface area contributed by atoms with E-state index in [0.29, 0.717) is 0 Å². The minimum atomic E-state index is -0.991. The molecule has 0 aliphatic heterocycles. The molecule has 0 rings (SSSR count). The SMILES string of the molecule is CC(C)(C#N)CC(O)CF. The van der Waals surface area contributed by atoms with Crippen molar-refractivity contribution in [1.29, 1.82) is 5.26 Å². The van der Waals surface area contributed by atoms with Gasteiger partial charge in [-0.05, 0) is 20.3 Å². The third-order valence-corrected chi connectivity index (χ3v) is 1.23. The molecule has 0 aromatic heterocycles. The molecular formula is C7H12FNO. The van der Waals surface area contributed by atoms with Crippen molar-refractivity contribution in [1.82, 2.24) is 0 Å². The number of nitrogens with zero attached hydrogens (tertiary/aromatic N) is 1. The fraction of sp³-hybridized carbons (Fsp3) is 0.857. The molecule has 0 aromatic carbocycles. The van der Waals surface area contributed by atoms with E-state index in [1.165, 1.54) is 0 Å². The van der Waals surface area contributed by atoms with E-state index in [2.05, 4.69) is 0 Å². The second-order valence-corrected chi connectivity index (χ2v) is 3.01. The van der Waals surface area contributed by atoms with Gasteiger partial charge in [-0.2, -0.15) is 5.26 Å². The van der Waals surface area contributed by atoms with Gasteiger partial charge in [-0.25, -0.2) is 4.39 Å². The quantitative estimate of drug-likeness (QED) is 0.649. The molecule has 10 heavy (non-hydrogen) atoms. The summed E-state index contributed by atoms with van der Waals surface area (Å²) in [4.78, 5) is 0. The molecule has 0 aromatic rings. The molecule has 2 nitrogen and oxygen atoms in total. The first kappa shape index (κ1) is 9.38. The van der Waals surface area contributed by atoms with Gasteiger partial charge < -0.3 is 5.11 Å². The van der Waals surface area contributed by atoms with Crippen molar-refractivity contribution < 1.29 is 9.50 Å². The largest absolute Gasteiger partial charge is 0.390 e. The van der Waals surface area contributed by atoms with Crippen LogP contribution in [0.2, 0.25) is 0 Å². The summed E-state index contributed by atoms with van der Waals surface area (Å²) in [6, 6.07) is 1.98. The van der Waals surface area contributed by atoms with E-state index < -0.39 is 18.2 Å². The lowest BCUT2D eigenvalue weighted by atomic mass is 9.89. The van der Waals surface area contributed by atoms with Gasteiger partial charge in [-0.15, -0.1) is 0 Å². The Kier molecular flexibility index (Phi) is 3.31. The molecule has 58 valence electrons. The molecule has 0 heterocycles. The third kappa shape index (κ3) is 3.41. The number of aliphatic hydroxyl groups is 1. The van der Waals surface area contributed by atoms with Crippen LogP contribution in [0.5, 0.6) is 0 Å². The monoisotopic (exact) mass is 145 g/mol. The van der Waals surface area contributed by atoms with Crippen LogP contribution in [0.25, 0.3) is 0 Å². The highest BCUT2D eigenvalue weighted by Gasteiger charge is 2.21. The lowest BCUT2D eigenvalue weighted by Crippen LogP contribution is -2.20. The maximum absolute atomic E-state index is 11.7. The first-order chi connectivity index (χ1) is 4.52. The number of aliphatic hydroxyl groups excluding tert-OH is 1. The summed E-state index contributed by atoms with van der Waals surface area (Å²) in [5.74, 6) is 0. The van der Waals surface area contributed by atoms with Gasteiger partial charge in [-0.1, -0.05) is 0 Å². The van der Waals surface area contributed by atoms with E-state index >= 15 is 0 Å². The number of nitriles is 1. The fourth-order valence-electron chi connectivity index (χ4n) is 0.689. The lowest BCUT2D eigenvalue weighted by molar-refractivity contribution is 0.105. The van der Waals surface area contributed by atoms with E-state index in [9.17, 15) is 4.39 Å². The van der Waals surface area contributed by atoms with Crippen molar-refractivity contribution >= 4 is 0 Å². The van der Waals surface area contributed by atoms with Crippen molar-refractivity contribution in [3.05, 3.63) is 0 Å². The van der Waals surface area contributed by atoms with Crippen molar-refractivity contribution in [2.75, 3.05) is 6.67 Å². The van der Waals surface area contributed by atoms with Crippen LogP contribution >= 0.6 is 0 Å². The summed E-state index contributed by atoms with van der Waals surface area (Å²) in [7, 11) is 0. The zero-order valence-corrected chi connectivity index (χ0v) is 6.26. The molecule has 0 aliphatic carbocycles. The second kappa shape index (κ2) is 3.52. The predicted octanol–water partition coefficient (Wildman–Crippen LogP) is 1.26. The highest BCUT2D eigenvalue weighted by atomic mass is 19.1. The molecule has 1 unspecified atom stereocenters. The Bertz CT molecular complexity index is 139. The molecule has 0 saturated heterocycles. The van der Waals surface area contributed by atoms with Gasteiger partial charge in [0.25, 0.3) is 0 Å². The van der Waals surface area contributed by atoms with Crippen LogP contribution in [-0.4, -0.2) is 17.9 Å². The molecule has 0 amide bonds. The Morgan fingerprint density at radius 1 is 1.70 bits per heavy atom. The van der Waals surface area contributed by atoms with E-state index in [4.69, 9.17) is 10.4 Å². The van der Waals surface area contributed by atoms with Crippen LogP contribution in [0, 0.1) is 16.7 Å². The molecule has 0 fully saturated rings. The third-order valence-electron chi connectivity index (χ3n) is 1.23. The molecule has 0 radical (unpaired) electrons. The highest BCUT2D eigenvalue weighted by Crippen LogP contribution is 2.20. The van der Waals surface area contributed by atoms with Gasteiger partial charge in [0.15, 0.2) is 0 Å². The molecule has 1 atom stereocenters. The molecule has 0 aliphatic rings. The number of alkyl halides is 1. The van der Waals surface area contributed by atoms with Gasteiger partial charge in [0.1, 0.15) is 6.67 Å². The number of hydrogen-bond acceptors (Lipinski definition) is 2.